The predicted molar refractivity (Wildman–Crippen MR) is 106 cm³/mol. The molecule has 2 aromatic heterocycles. The summed E-state index contributed by atoms with van der Waals surface area (Å²) in [7, 11) is 0. The summed E-state index contributed by atoms with van der Waals surface area (Å²) in [6, 6.07) is 12.5. The topological polar surface area (TPSA) is 54.2 Å². The molecule has 0 aliphatic rings. The number of hydrogen-bond donors (Lipinski definition) is 2. The Morgan fingerprint density at radius 1 is 1.20 bits per heavy atom. The van der Waals surface area contributed by atoms with Crippen LogP contribution in [0.2, 0.25) is 0 Å². The summed E-state index contributed by atoms with van der Waals surface area (Å²) in [5, 5.41) is 8.85. The molecule has 0 amide bonds. The molecule has 0 radical (unpaired) electrons. The van der Waals surface area contributed by atoms with Crippen molar-refractivity contribution in [3.05, 3.63) is 52.5 Å². The van der Waals surface area contributed by atoms with Crippen LogP contribution in [-0.4, -0.2) is 35.1 Å². The zero-order valence-electron chi connectivity index (χ0n) is 14.8. The minimum Gasteiger partial charge on any atom is -0.357 e. The standard InChI is InChI=1S/C19H25N5S/c1-3-20-19(21-11-10-16-7-6-14-25-16)22-12-13-24-15(2)23-17-8-4-5-9-18(17)24/h4-9,14H,3,10-13H2,1-2H3,(H2,20,21,22). The number of nitrogens with zero attached hydrogens (tertiary/aromatic N) is 3. The number of rotatable bonds is 7. The Kier molecular flexibility index (Phi) is 6.06. The van der Waals surface area contributed by atoms with Gasteiger partial charge in [-0.05, 0) is 37.4 Å². The van der Waals surface area contributed by atoms with Crippen LogP contribution in [0.3, 0.4) is 0 Å². The van der Waals surface area contributed by atoms with Crippen LogP contribution in [0, 0.1) is 6.92 Å². The van der Waals surface area contributed by atoms with Crippen molar-refractivity contribution in [3.63, 3.8) is 0 Å². The summed E-state index contributed by atoms with van der Waals surface area (Å²) in [5.74, 6) is 1.92. The second-order valence-electron chi connectivity index (χ2n) is 5.82. The second-order valence-corrected chi connectivity index (χ2v) is 6.85. The Hall–Kier alpha value is -2.34. The van der Waals surface area contributed by atoms with Gasteiger partial charge in [-0.15, -0.1) is 11.3 Å². The molecule has 0 aliphatic carbocycles. The monoisotopic (exact) mass is 355 g/mol. The van der Waals surface area contributed by atoms with Crippen molar-refractivity contribution in [2.45, 2.75) is 26.8 Å². The molecule has 0 saturated heterocycles. The minimum absolute atomic E-state index is 0.795. The number of benzene rings is 1. The molecule has 5 nitrogen and oxygen atoms in total. The fraction of sp³-hybridized carbons (Fsp3) is 0.368. The number of imidazole rings is 1. The quantitative estimate of drug-likeness (QED) is 0.505. The van der Waals surface area contributed by atoms with Crippen LogP contribution in [0.15, 0.2) is 46.8 Å². The molecular weight excluding hydrogens is 330 g/mol. The van der Waals surface area contributed by atoms with Crippen LogP contribution < -0.4 is 10.6 Å². The zero-order chi connectivity index (χ0) is 17.5. The maximum Gasteiger partial charge on any atom is 0.191 e. The molecule has 0 aliphatic heterocycles. The second kappa shape index (κ2) is 8.67. The summed E-state index contributed by atoms with van der Waals surface area (Å²) in [4.78, 5) is 10.7. The Morgan fingerprint density at radius 2 is 2.08 bits per heavy atom. The highest BCUT2D eigenvalue weighted by Gasteiger charge is 2.06. The molecule has 0 bridgehead atoms. The largest absolute Gasteiger partial charge is 0.357 e. The zero-order valence-corrected chi connectivity index (χ0v) is 15.6. The third kappa shape index (κ3) is 4.60. The summed E-state index contributed by atoms with van der Waals surface area (Å²) in [5.41, 5.74) is 2.23. The van der Waals surface area contributed by atoms with Gasteiger partial charge in [0.2, 0.25) is 0 Å². The molecule has 3 rings (SSSR count). The van der Waals surface area contributed by atoms with E-state index in [-0.39, 0.29) is 0 Å². The Bertz CT molecular complexity index is 820. The highest BCUT2D eigenvalue weighted by atomic mass is 32.1. The van der Waals surface area contributed by atoms with Crippen LogP contribution in [-0.2, 0) is 13.0 Å². The van der Waals surface area contributed by atoms with Crippen molar-refractivity contribution in [2.24, 2.45) is 4.99 Å². The first-order valence-corrected chi connectivity index (χ1v) is 9.62. The van der Waals surface area contributed by atoms with E-state index in [2.05, 4.69) is 74.7 Å². The van der Waals surface area contributed by atoms with Crippen molar-refractivity contribution in [2.75, 3.05) is 19.6 Å². The van der Waals surface area contributed by atoms with E-state index in [1.54, 1.807) is 11.3 Å². The van der Waals surface area contributed by atoms with E-state index in [0.717, 1.165) is 49.9 Å². The Balaban J connectivity index is 1.56. The number of para-hydroxylation sites is 2. The number of guanidine groups is 1. The van der Waals surface area contributed by atoms with Crippen LogP contribution in [0.5, 0.6) is 0 Å². The average molecular weight is 356 g/mol. The smallest absolute Gasteiger partial charge is 0.191 e. The maximum atomic E-state index is 4.67. The van der Waals surface area contributed by atoms with Gasteiger partial charge < -0.3 is 15.2 Å². The molecular formula is C19H25N5S. The van der Waals surface area contributed by atoms with Crippen LogP contribution in [0.1, 0.15) is 17.6 Å². The summed E-state index contributed by atoms with van der Waals surface area (Å²) in [6.45, 7) is 7.47. The molecule has 2 heterocycles. The lowest BCUT2D eigenvalue weighted by molar-refractivity contribution is 0.660. The number of thiophene rings is 1. The van der Waals surface area contributed by atoms with E-state index in [0.29, 0.717) is 0 Å². The molecule has 0 saturated carbocycles. The average Bonchev–Trinajstić information content (AvgIpc) is 3.23. The van der Waals surface area contributed by atoms with Crippen molar-refractivity contribution in [1.82, 2.24) is 20.2 Å². The van der Waals surface area contributed by atoms with Gasteiger partial charge in [0.25, 0.3) is 0 Å². The minimum atomic E-state index is 0.795. The highest BCUT2D eigenvalue weighted by Crippen LogP contribution is 2.14. The lowest BCUT2D eigenvalue weighted by Crippen LogP contribution is -2.39. The van der Waals surface area contributed by atoms with E-state index in [1.165, 1.54) is 10.4 Å². The molecule has 6 heteroatoms. The van der Waals surface area contributed by atoms with Crippen molar-refractivity contribution >= 4 is 28.3 Å². The summed E-state index contributed by atoms with van der Waals surface area (Å²) < 4.78 is 2.25. The normalized spacial score (nSPS) is 11.8. The van der Waals surface area contributed by atoms with Gasteiger partial charge in [-0.25, -0.2) is 4.98 Å². The molecule has 0 fully saturated rings. The van der Waals surface area contributed by atoms with Gasteiger partial charge in [0, 0.05) is 37.5 Å². The molecule has 2 N–H and O–H groups in total. The van der Waals surface area contributed by atoms with Crippen molar-refractivity contribution < 1.29 is 0 Å². The van der Waals surface area contributed by atoms with Gasteiger partial charge in [0.1, 0.15) is 5.82 Å². The SMILES string of the molecule is CCNC(=NCCc1cccs1)NCCn1c(C)nc2ccccc21. The molecule has 0 unspecified atom stereocenters. The van der Waals surface area contributed by atoms with Crippen molar-refractivity contribution in [3.8, 4) is 0 Å². The first kappa shape index (κ1) is 17.5. The fourth-order valence-electron chi connectivity index (χ4n) is 2.84. The van der Waals surface area contributed by atoms with Gasteiger partial charge >= 0.3 is 0 Å². The van der Waals surface area contributed by atoms with Crippen LogP contribution in [0.4, 0.5) is 0 Å². The number of aliphatic imine (C=N–C) groups is 1. The third-order valence-corrected chi connectivity index (χ3v) is 4.96. The predicted octanol–water partition coefficient (Wildman–Crippen LogP) is 3.20. The van der Waals surface area contributed by atoms with E-state index in [9.17, 15) is 0 Å². The van der Waals surface area contributed by atoms with E-state index in [4.69, 9.17) is 0 Å². The molecule has 1 aromatic carbocycles. The number of fused-ring (bicyclic) bond motifs is 1. The molecule has 25 heavy (non-hydrogen) atoms. The molecule has 0 atom stereocenters. The van der Waals surface area contributed by atoms with Gasteiger partial charge in [-0.2, -0.15) is 0 Å². The number of nitrogens with one attached hydrogen (secondary N) is 2. The van der Waals surface area contributed by atoms with Crippen molar-refractivity contribution in [1.29, 1.82) is 0 Å². The van der Waals surface area contributed by atoms with Gasteiger partial charge in [-0.1, -0.05) is 18.2 Å². The summed E-state index contributed by atoms with van der Waals surface area (Å²) >= 11 is 1.79. The number of hydrogen-bond acceptors (Lipinski definition) is 3. The Labute approximate surface area is 152 Å². The third-order valence-electron chi connectivity index (χ3n) is 4.03. The highest BCUT2D eigenvalue weighted by molar-refractivity contribution is 7.09. The van der Waals surface area contributed by atoms with E-state index < -0.39 is 0 Å². The van der Waals surface area contributed by atoms with Crippen LogP contribution >= 0.6 is 11.3 Å². The summed E-state index contributed by atoms with van der Waals surface area (Å²) in [6.07, 6.45) is 0.986. The maximum absolute atomic E-state index is 4.67. The number of aromatic nitrogens is 2. The number of aryl methyl sites for hydroxylation is 1. The van der Waals surface area contributed by atoms with E-state index in [1.807, 2.05) is 6.07 Å². The van der Waals surface area contributed by atoms with Crippen LogP contribution in [0.25, 0.3) is 11.0 Å². The molecule has 0 spiro atoms. The van der Waals surface area contributed by atoms with Gasteiger partial charge in [-0.3, -0.25) is 4.99 Å². The first-order valence-electron chi connectivity index (χ1n) is 8.74. The van der Waals surface area contributed by atoms with E-state index >= 15 is 0 Å². The molecule has 3 aromatic rings. The lowest BCUT2D eigenvalue weighted by atomic mass is 10.3. The Morgan fingerprint density at radius 3 is 2.88 bits per heavy atom. The molecule has 132 valence electrons. The van der Waals surface area contributed by atoms with Gasteiger partial charge in [0.15, 0.2) is 5.96 Å². The lowest BCUT2D eigenvalue weighted by Gasteiger charge is -2.12. The first-order chi connectivity index (χ1) is 12.3. The fourth-order valence-corrected chi connectivity index (χ4v) is 3.54. The van der Waals surface area contributed by atoms with Gasteiger partial charge in [0.05, 0.1) is 11.0 Å².